The van der Waals surface area contributed by atoms with Gasteiger partial charge in [0.1, 0.15) is 0 Å². The van der Waals surface area contributed by atoms with Gasteiger partial charge in [-0.15, -0.1) is 0 Å². The molecule has 1 fully saturated rings. The summed E-state index contributed by atoms with van der Waals surface area (Å²) in [6.45, 7) is 1.66. The molecule has 0 spiro atoms. The summed E-state index contributed by atoms with van der Waals surface area (Å²) in [5, 5.41) is 9.01. The van der Waals surface area contributed by atoms with Crippen LogP contribution >= 0.6 is 0 Å². The average molecular weight is 333 g/mol. The fourth-order valence-electron chi connectivity index (χ4n) is 2.61. The Morgan fingerprint density at radius 1 is 1.22 bits per heavy atom. The van der Waals surface area contributed by atoms with E-state index in [1.54, 1.807) is 6.92 Å². The monoisotopic (exact) mass is 333 g/mol. The van der Waals surface area contributed by atoms with Crippen LogP contribution in [0.3, 0.4) is 0 Å². The maximum atomic E-state index is 14.2. The number of hydrogen-bond donors (Lipinski definition) is 1. The van der Waals surface area contributed by atoms with Crippen molar-refractivity contribution in [3.05, 3.63) is 35.4 Å². The number of aliphatic carboxylic acids is 1. The number of alkyl halides is 4. The van der Waals surface area contributed by atoms with Gasteiger partial charge in [-0.1, -0.05) is 19.1 Å². The molecule has 1 N–H and O–H groups in total. The summed E-state index contributed by atoms with van der Waals surface area (Å²) in [5.41, 5.74) is -1.11. The minimum absolute atomic E-state index is 0.101. The first-order valence-electron chi connectivity index (χ1n) is 6.94. The lowest BCUT2D eigenvalue weighted by molar-refractivity contribution is -0.142. The van der Waals surface area contributed by atoms with E-state index in [4.69, 9.17) is 5.11 Å². The molecule has 0 saturated carbocycles. The van der Waals surface area contributed by atoms with Crippen molar-refractivity contribution >= 4 is 11.9 Å². The minimum Gasteiger partial charge on any atom is -0.481 e. The molecule has 23 heavy (non-hydrogen) atoms. The summed E-state index contributed by atoms with van der Waals surface area (Å²) in [7, 11) is 0. The molecule has 1 aliphatic heterocycles. The van der Waals surface area contributed by atoms with E-state index >= 15 is 0 Å². The van der Waals surface area contributed by atoms with Gasteiger partial charge in [0.05, 0.1) is 11.5 Å². The highest BCUT2D eigenvalue weighted by Gasteiger charge is 2.39. The zero-order chi connectivity index (χ0) is 17.4. The molecule has 0 aliphatic carbocycles. The number of likely N-dealkylation sites (tertiary alicyclic amines) is 1. The Morgan fingerprint density at radius 2 is 1.78 bits per heavy atom. The SMILES string of the molecule is C[C@@H]1CN(C(=O)C(F)c2ccc(C(F)(F)F)cc2)C[C@H]1C(=O)O. The Bertz CT molecular complexity index is 600. The summed E-state index contributed by atoms with van der Waals surface area (Å²) in [6.07, 6.45) is -6.65. The van der Waals surface area contributed by atoms with Gasteiger partial charge in [-0.3, -0.25) is 9.59 Å². The second kappa shape index (κ2) is 6.17. The quantitative estimate of drug-likeness (QED) is 0.866. The lowest BCUT2D eigenvalue weighted by Crippen LogP contribution is -2.32. The number of carboxylic acid groups (broad SMARTS) is 1. The van der Waals surface area contributed by atoms with Gasteiger partial charge >= 0.3 is 12.1 Å². The van der Waals surface area contributed by atoms with Crippen LogP contribution in [-0.2, 0) is 15.8 Å². The van der Waals surface area contributed by atoms with Crippen LogP contribution in [0.1, 0.15) is 24.2 Å². The highest BCUT2D eigenvalue weighted by molar-refractivity contribution is 5.83. The number of carboxylic acids is 1. The molecule has 1 aromatic rings. The Balaban J connectivity index is 2.10. The number of amides is 1. The van der Waals surface area contributed by atoms with E-state index in [2.05, 4.69) is 0 Å². The molecule has 0 bridgehead atoms. The van der Waals surface area contributed by atoms with Crippen molar-refractivity contribution in [2.75, 3.05) is 13.1 Å². The van der Waals surface area contributed by atoms with E-state index in [0.717, 1.165) is 17.0 Å². The van der Waals surface area contributed by atoms with Gasteiger partial charge in [-0.25, -0.2) is 4.39 Å². The molecule has 1 heterocycles. The standard InChI is InChI=1S/C15H15F4NO3/c1-8-6-20(7-11(8)14(22)23)13(21)12(16)9-2-4-10(5-3-9)15(17,18)19/h2-5,8,11-12H,6-7H2,1H3,(H,22,23)/t8-,11-,12?/m1/s1. The molecular formula is C15H15F4NO3. The maximum Gasteiger partial charge on any atom is 0.416 e. The van der Waals surface area contributed by atoms with Crippen LogP contribution in [0.5, 0.6) is 0 Å². The van der Waals surface area contributed by atoms with Crippen molar-refractivity contribution in [2.45, 2.75) is 19.3 Å². The number of carbonyl (C=O) groups is 2. The van der Waals surface area contributed by atoms with Crippen molar-refractivity contribution < 1.29 is 32.3 Å². The second-order valence-corrected chi connectivity index (χ2v) is 5.65. The third kappa shape index (κ3) is 3.62. The molecule has 1 aromatic carbocycles. The number of benzene rings is 1. The lowest BCUT2D eigenvalue weighted by atomic mass is 9.99. The van der Waals surface area contributed by atoms with E-state index in [1.807, 2.05) is 0 Å². The largest absolute Gasteiger partial charge is 0.481 e. The van der Waals surface area contributed by atoms with E-state index in [0.29, 0.717) is 12.1 Å². The molecule has 1 amide bonds. The van der Waals surface area contributed by atoms with Gasteiger partial charge < -0.3 is 10.0 Å². The van der Waals surface area contributed by atoms with Crippen LogP contribution in [-0.4, -0.2) is 35.0 Å². The Hall–Kier alpha value is -2.12. The summed E-state index contributed by atoms with van der Waals surface area (Å²) < 4.78 is 51.6. The molecular weight excluding hydrogens is 318 g/mol. The van der Waals surface area contributed by atoms with Crippen LogP contribution in [0.2, 0.25) is 0 Å². The Kier molecular flexibility index (Phi) is 4.63. The average Bonchev–Trinajstić information content (AvgIpc) is 2.87. The Morgan fingerprint density at radius 3 is 2.22 bits per heavy atom. The fourth-order valence-corrected chi connectivity index (χ4v) is 2.61. The number of rotatable bonds is 3. The van der Waals surface area contributed by atoms with Crippen LogP contribution < -0.4 is 0 Å². The van der Waals surface area contributed by atoms with Gasteiger partial charge in [-0.05, 0) is 23.6 Å². The zero-order valence-corrected chi connectivity index (χ0v) is 12.2. The first kappa shape index (κ1) is 17.2. The third-order valence-electron chi connectivity index (χ3n) is 3.99. The molecule has 0 radical (unpaired) electrons. The minimum atomic E-state index is -4.53. The van der Waals surface area contributed by atoms with Crippen LogP contribution in [0.4, 0.5) is 17.6 Å². The zero-order valence-electron chi connectivity index (χ0n) is 12.2. The molecule has 1 aliphatic rings. The second-order valence-electron chi connectivity index (χ2n) is 5.65. The summed E-state index contributed by atoms with van der Waals surface area (Å²) in [5.74, 6) is -3.06. The maximum absolute atomic E-state index is 14.2. The van der Waals surface area contributed by atoms with E-state index in [-0.39, 0.29) is 24.6 Å². The van der Waals surface area contributed by atoms with Crippen LogP contribution in [0, 0.1) is 11.8 Å². The fraction of sp³-hybridized carbons (Fsp3) is 0.467. The van der Waals surface area contributed by atoms with Gasteiger partial charge in [-0.2, -0.15) is 13.2 Å². The normalized spacial score (nSPS) is 22.9. The molecule has 126 valence electrons. The highest BCUT2D eigenvalue weighted by Crippen LogP contribution is 2.32. The van der Waals surface area contributed by atoms with Crippen LogP contribution in [0.15, 0.2) is 24.3 Å². The number of halogens is 4. The topological polar surface area (TPSA) is 57.6 Å². The van der Waals surface area contributed by atoms with E-state index in [9.17, 15) is 27.2 Å². The molecule has 1 saturated heterocycles. The molecule has 1 unspecified atom stereocenters. The van der Waals surface area contributed by atoms with Crippen molar-refractivity contribution in [1.82, 2.24) is 4.90 Å². The lowest BCUT2D eigenvalue weighted by Gasteiger charge is -2.19. The van der Waals surface area contributed by atoms with E-state index in [1.165, 1.54) is 0 Å². The molecule has 8 heteroatoms. The summed E-state index contributed by atoms with van der Waals surface area (Å²) in [4.78, 5) is 24.2. The predicted molar refractivity (Wildman–Crippen MR) is 72.2 cm³/mol. The first-order valence-corrected chi connectivity index (χ1v) is 6.94. The molecule has 0 aromatic heterocycles. The van der Waals surface area contributed by atoms with Crippen molar-refractivity contribution in [2.24, 2.45) is 11.8 Å². The Labute approximate surface area is 129 Å². The molecule has 4 nitrogen and oxygen atoms in total. The van der Waals surface area contributed by atoms with Crippen molar-refractivity contribution in [3.63, 3.8) is 0 Å². The molecule has 3 atom stereocenters. The first-order chi connectivity index (χ1) is 10.6. The third-order valence-corrected chi connectivity index (χ3v) is 3.99. The van der Waals surface area contributed by atoms with Gasteiger partial charge in [0.2, 0.25) is 6.17 Å². The number of carbonyl (C=O) groups excluding carboxylic acids is 1. The molecule has 2 rings (SSSR count). The highest BCUT2D eigenvalue weighted by atomic mass is 19.4. The van der Waals surface area contributed by atoms with Gasteiger partial charge in [0, 0.05) is 13.1 Å². The predicted octanol–water partition coefficient (Wildman–Crippen LogP) is 2.90. The van der Waals surface area contributed by atoms with Crippen molar-refractivity contribution in [3.8, 4) is 0 Å². The number of nitrogens with zero attached hydrogens (tertiary/aromatic N) is 1. The number of hydrogen-bond acceptors (Lipinski definition) is 2. The van der Waals surface area contributed by atoms with Crippen molar-refractivity contribution in [1.29, 1.82) is 0 Å². The van der Waals surface area contributed by atoms with Gasteiger partial charge in [0.15, 0.2) is 0 Å². The smallest absolute Gasteiger partial charge is 0.416 e. The summed E-state index contributed by atoms with van der Waals surface area (Å²) in [6, 6.07) is 3.25. The van der Waals surface area contributed by atoms with E-state index < -0.39 is 35.7 Å². The summed E-state index contributed by atoms with van der Waals surface area (Å²) >= 11 is 0. The van der Waals surface area contributed by atoms with Gasteiger partial charge in [0.25, 0.3) is 5.91 Å². The van der Waals surface area contributed by atoms with Crippen LogP contribution in [0.25, 0.3) is 0 Å².